The molecular weight excluding hydrogens is 374 g/mol. The molecule has 3 aromatic rings. The highest BCUT2D eigenvalue weighted by Crippen LogP contribution is 2.29. The molecule has 6 heteroatoms. The van der Waals surface area contributed by atoms with Gasteiger partial charge in [-0.25, -0.2) is 0 Å². The number of rotatable bonds is 5. The molecule has 2 aromatic heterocycles. The van der Waals surface area contributed by atoms with Gasteiger partial charge in [0.15, 0.2) is 17.5 Å². The second-order valence-corrected chi connectivity index (χ2v) is 8.10. The van der Waals surface area contributed by atoms with Gasteiger partial charge >= 0.3 is 0 Å². The molecule has 0 fully saturated rings. The van der Waals surface area contributed by atoms with E-state index in [4.69, 9.17) is 0 Å². The van der Waals surface area contributed by atoms with E-state index in [1.54, 1.807) is 0 Å². The van der Waals surface area contributed by atoms with Crippen molar-refractivity contribution in [2.75, 3.05) is 0 Å². The number of benzene rings is 1. The van der Waals surface area contributed by atoms with Crippen LogP contribution in [0.2, 0.25) is 0 Å². The molecule has 4 rings (SSSR count). The number of carbonyl (C=O) groups excluding carboxylic acids is 1. The lowest BCUT2D eigenvalue weighted by Gasteiger charge is -2.19. The van der Waals surface area contributed by atoms with Crippen molar-refractivity contribution in [2.24, 2.45) is 0 Å². The Kier molecular flexibility index (Phi) is 5.54. The zero-order chi connectivity index (χ0) is 21.3. The monoisotopic (exact) mass is 401 g/mol. The Hall–Kier alpha value is -3.20. The predicted molar refractivity (Wildman–Crippen MR) is 114 cm³/mol. The quantitative estimate of drug-likeness (QED) is 0.589. The largest absolute Gasteiger partial charge is 0.341 e. The van der Waals surface area contributed by atoms with Crippen molar-refractivity contribution in [2.45, 2.75) is 65.0 Å². The number of hydrogen-bond acceptors (Lipinski definition) is 4. The number of aryl methyl sites for hydroxylation is 2. The highest BCUT2D eigenvalue weighted by Gasteiger charge is 2.31. The molecule has 0 N–H and O–H groups in total. The minimum absolute atomic E-state index is 0.0950. The van der Waals surface area contributed by atoms with Crippen LogP contribution in [0.1, 0.15) is 77.1 Å². The van der Waals surface area contributed by atoms with Gasteiger partial charge in [-0.05, 0) is 45.2 Å². The summed E-state index contributed by atoms with van der Waals surface area (Å²) in [5.41, 5.74) is 3.65. The number of nitrogens with zero attached hydrogens (tertiary/aromatic N) is 5. The average Bonchev–Trinajstić information content (AvgIpc) is 3.18. The summed E-state index contributed by atoms with van der Waals surface area (Å²) in [4.78, 5) is 13.5. The van der Waals surface area contributed by atoms with Crippen LogP contribution >= 0.6 is 0 Å². The third-order valence-corrected chi connectivity index (χ3v) is 6.21. The lowest BCUT2D eigenvalue weighted by molar-refractivity contribution is 0.0974. The predicted octanol–water partition coefficient (Wildman–Crippen LogP) is 4.52. The maximum atomic E-state index is 13.5. The van der Waals surface area contributed by atoms with E-state index in [-0.39, 0.29) is 11.8 Å². The van der Waals surface area contributed by atoms with E-state index in [0.29, 0.717) is 11.4 Å². The fraction of sp³-hybridized carbons (Fsp3) is 0.417. The van der Waals surface area contributed by atoms with Gasteiger partial charge in [-0.3, -0.25) is 4.79 Å². The first-order valence-electron chi connectivity index (χ1n) is 10.6. The van der Waals surface area contributed by atoms with Gasteiger partial charge in [0.25, 0.3) is 0 Å². The summed E-state index contributed by atoms with van der Waals surface area (Å²) < 4.78 is 4.16. The number of aromatic nitrogens is 4. The average molecular weight is 402 g/mol. The molecule has 0 saturated heterocycles. The van der Waals surface area contributed by atoms with Gasteiger partial charge in [0.2, 0.25) is 0 Å². The molecule has 1 aromatic carbocycles. The first-order chi connectivity index (χ1) is 14.5. The van der Waals surface area contributed by atoms with Crippen LogP contribution in [0, 0.1) is 25.2 Å². The van der Waals surface area contributed by atoms with Crippen LogP contribution in [0.15, 0.2) is 36.4 Å². The topological polar surface area (TPSA) is 76.5 Å². The van der Waals surface area contributed by atoms with Crippen LogP contribution in [0.5, 0.6) is 0 Å². The number of ketones is 1. The second kappa shape index (κ2) is 8.27. The molecule has 30 heavy (non-hydrogen) atoms. The van der Waals surface area contributed by atoms with Crippen LogP contribution < -0.4 is 0 Å². The van der Waals surface area contributed by atoms with Crippen LogP contribution in [0.3, 0.4) is 0 Å². The van der Waals surface area contributed by atoms with Gasteiger partial charge in [0, 0.05) is 29.9 Å². The molecule has 154 valence electrons. The zero-order valence-electron chi connectivity index (χ0n) is 17.8. The number of hydrogen-bond donors (Lipinski definition) is 0. The number of carbonyl (C=O) groups is 1. The van der Waals surface area contributed by atoms with Crippen LogP contribution in [-0.2, 0) is 13.0 Å². The Morgan fingerprint density at radius 2 is 1.90 bits per heavy atom. The van der Waals surface area contributed by atoms with Crippen LogP contribution in [0.25, 0.3) is 0 Å². The van der Waals surface area contributed by atoms with E-state index < -0.39 is 5.92 Å². The van der Waals surface area contributed by atoms with Gasteiger partial charge in [-0.1, -0.05) is 36.8 Å². The van der Waals surface area contributed by atoms with E-state index >= 15 is 0 Å². The Labute approximate surface area is 177 Å². The molecule has 3 heterocycles. The highest BCUT2D eigenvalue weighted by atomic mass is 16.1. The summed E-state index contributed by atoms with van der Waals surface area (Å²) in [7, 11) is 0. The molecule has 0 saturated carbocycles. The Morgan fingerprint density at radius 3 is 2.63 bits per heavy atom. The van der Waals surface area contributed by atoms with Crippen molar-refractivity contribution in [3.8, 4) is 6.07 Å². The van der Waals surface area contributed by atoms with Gasteiger partial charge in [-0.2, -0.15) is 5.26 Å². The number of nitriles is 1. The molecule has 6 nitrogen and oxygen atoms in total. The fourth-order valence-electron chi connectivity index (χ4n) is 4.61. The molecule has 2 unspecified atom stereocenters. The highest BCUT2D eigenvalue weighted by molar-refractivity contribution is 6.03. The molecule has 0 amide bonds. The molecule has 0 spiro atoms. The Bertz CT molecular complexity index is 1100. The van der Waals surface area contributed by atoms with E-state index in [1.807, 2.05) is 42.7 Å². The van der Waals surface area contributed by atoms with Gasteiger partial charge in [0.1, 0.15) is 5.82 Å². The minimum Gasteiger partial charge on any atom is -0.341 e. The van der Waals surface area contributed by atoms with Gasteiger partial charge < -0.3 is 9.13 Å². The SMILES string of the molecule is Cc1cc(C(=O)C(C#N)c2nnc3n2CCCCC3)c(C)n1C(C)c1ccccc1. The van der Waals surface area contributed by atoms with Gasteiger partial charge in [-0.15, -0.1) is 10.2 Å². The van der Waals surface area contributed by atoms with Crippen LogP contribution in [0.4, 0.5) is 0 Å². The molecule has 2 atom stereocenters. The first-order valence-corrected chi connectivity index (χ1v) is 10.6. The molecule has 1 aliphatic rings. The van der Waals surface area contributed by atoms with E-state index in [1.165, 1.54) is 5.56 Å². The van der Waals surface area contributed by atoms with Crippen molar-refractivity contribution in [1.82, 2.24) is 19.3 Å². The minimum atomic E-state index is -0.940. The maximum Gasteiger partial charge on any atom is 0.189 e. The number of Topliss-reactive ketones (excluding diaryl/α,β-unsaturated/α-hetero) is 1. The second-order valence-electron chi connectivity index (χ2n) is 8.10. The van der Waals surface area contributed by atoms with Gasteiger partial charge in [0.05, 0.1) is 12.1 Å². The molecule has 0 bridgehead atoms. The molecule has 0 aliphatic carbocycles. The summed E-state index contributed by atoms with van der Waals surface area (Å²) >= 11 is 0. The Balaban J connectivity index is 1.70. The maximum absolute atomic E-state index is 13.5. The lowest BCUT2D eigenvalue weighted by atomic mass is 9.98. The van der Waals surface area contributed by atoms with E-state index in [0.717, 1.165) is 49.4 Å². The van der Waals surface area contributed by atoms with Crippen LogP contribution in [-0.4, -0.2) is 25.1 Å². The molecular formula is C24H27N5O. The third kappa shape index (κ3) is 3.45. The standard InChI is InChI=1S/C24H27N5O/c1-16-14-20(18(3)29(16)17(2)19-10-6-4-7-11-19)23(30)21(15-25)24-27-26-22-12-8-5-9-13-28(22)24/h4,6-7,10-11,14,17,21H,5,8-9,12-13H2,1-3H3. The van der Waals surface area contributed by atoms with Crippen molar-refractivity contribution in [3.63, 3.8) is 0 Å². The Morgan fingerprint density at radius 1 is 1.13 bits per heavy atom. The fourth-order valence-corrected chi connectivity index (χ4v) is 4.61. The molecule has 0 radical (unpaired) electrons. The zero-order valence-corrected chi connectivity index (χ0v) is 17.8. The van der Waals surface area contributed by atoms with E-state index in [2.05, 4.69) is 39.9 Å². The third-order valence-electron chi connectivity index (χ3n) is 6.21. The summed E-state index contributed by atoms with van der Waals surface area (Å²) in [6.45, 7) is 6.86. The van der Waals surface area contributed by atoms with Crippen molar-refractivity contribution >= 4 is 5.78 Å². The smallest absolute Gasteiger partial charge is 0.189 e. The molecule has 1 aliphatic heterocycles. The summed E-state index contributed by atoms with van der Waals surface area (Å²) in [6, 6.07) is 14.4. The van der Waals surface area contributed by atoms with Crippen molar-refractivity contribution in [3.05, 3.63) is 70.6 Å². The summed E-state index contributed by atoms with van der Waals surface area (Å²) in [6.07, 6.45) is 4.07. The normalized spacial score (nSPS) is 15.7. The van der Waals surface area contributed by atoms with Crippen molar-refractivity contribution in [1.29, 1.82) is 5.26 Å². The number of fused-ring (bicyclic) bond motifs is 1. The lowest BCUT2D eigenvalue weighted by Crippen LogP contribution is -2.18. The van der Waals surface area contributed by atoms with E-state index in [9.17, 15) is 10.1 Å². The first kappa shape index (κ1) is 20.1. The summed E-state index contributed by atoms with van der Waals surface area (Å²) in [5, 5.41) is 18.4. The summed E-state index contributed by atoms with van der Waals surface area (Å²) in [5.74, 6) is 0.237. The van der Waals surface area contributed by atoms with Crippen molar-refractivity contribution < 1.29 is 4.79 Å².